The normalized spacial score (nSPS) is 12.8. The predicted molar refractivity (Wildman–Crippen MR) is 174 cm³/mol. The maximum Gasteiger partial charge on any atom is 0.416 e. The van der Waals surface area contributed by atoms with Crippen LogP contribution in [0.4, 0.5) is 17.6 Å². The van der Waals surface area contributed by atoms with E-state index in [1.54, 1.807) is 29.3 Å². The van der Waals surface area contributed by atoms with Crippen molar-refractivity contribution >= 4 is 17.7 Å². The molecule has 0 spiro atoms. The van der Waals surface area contributed by atoms with E-state index in [4.69, 9.17) is 0 Å². The van der Waals surface area contributed by atoms with Gasteiger partial charge in [-0.3, -0.25) is 14.6 Å². The third kappa shape index (κ3) is 8.66. The number of fused-ring (bicyclic) bond motifs is 1. The van der Waals surface area contributed by atoms with Crippen LogP contribution in [0.25, 0.3) is 11.3 Å². The van der Waals surface area contributed by atoms with Gasteiger partial charge in [0.15, 0.2) is 5.16 Å². The van der Waals surface area contributed by atoms with E-state index >= 15 is 0 Å². The molecule has 2 aromatic heterocycles. The fourth-order valence-corrected chi connectivity index (χ4v) is 6.62. The average molecular weight is 668 g/mol. The number of hydrogen-bond acceptors (Lipinski definition) is 6. The van der Waals surface area contributed by atoms with E-state index in [1.807, 2.05) is 10.6 Å². The zero-order valence-corrected chi connectivity index (χ0v) is 27.2. The van der Waals surface area contributed by atoms with Gasteiger partial charge >= 0.3 is 6.18 Å². The highest BCUT2D eigenvalue weighted by atomic mass is 32.2. The van der Waals surface area contributed by atoms with Gasteiger partial charge in [0.25, 0.3) is 5.56 Å². The van der Waals surface area contributed by atoms with E-state index in [-0.39, 0.29) is 30.4 Å². The van der Waals surface area contributed by atoms with E-state index in [0.717, 1.165) is 48.5 Å². The molecule has 7 nitrogen and oxygen atoms in total. The second-order valence-corrected chi connectivity index (χ2v) is 12.4. The van der Waals surface area contributed by atoms with Gasteiger partial charge in [-0.05, 0) is 73.8 Å². The molecule has 0 aliphatic heterocycles. The lowest BCUT2D eigenvalue weighted by Crippen LogP contribution is -2.40. The smallest absolute Gasteiger partial charge is 0.335 e. The van der Waals surface area contributed by atoms with Crippen molar-refractivity contribution < 1.29 is 22.4 Å². The second kappa shape index (κ2) is 15.2. The van der Waals surface area contributed by atoms with Gasteiger partial charge in [-0.15, -0.1) is 0 Å². The molecule has 47 heavy (non-hydrogen) atoms. The molecule has 0 N–H and O–H groups in total. The molecule has 0 radical (unpaired) electrons. The topological polar surface area (TPSA) is 71.3 Å². The van der Waals surface area contributed by atoms with Crippen LogP contribution in [0, 0.1) is 5.82 Å². The molecule has 0 saturated carbocycles. The summed E-state index contributed by atoms with van der Waals surface area (Å²) < 4.78 is 54.3. The molecular weight excluding hydrogens is 630 g/mol. The van der Waals surface area contributed by atoms with E-state index in [0.29, 0.717) is 53.7 Å². The molecular formula is C35H37F4N5O2S. The Labute approximate surface area is 275 Å². The van der Waals surface area contributed by atoms with Gasteiger partial charge in [0, 0.05) is 48.4 Å². The van der Waals surface area contributed by atoms with E-state index in [9.17, 15) is 27.2 Å². The van der Waals surface area contributed by atoms with Gasteiger partial charge < -0.3 is 14.4 Å². The fraction of sp³-hybridized carbons (Fsp3) is 0.371. The second-order valence-electron chi connectivity index (χ2n) is 11.4. The highest BCUT2D eigenvalue weighted by molar-refractivity contribution is 7.98. The highest BCUT2D eigenvalue weighted by Gasteiger charge is 2.30. The number of aromatic nitrogens is 3. The molecule has 248 valence electrons. The number of nitrogens with zero attached hydrogens (tertiary/aromatic N) is 5. The van der Waals surface area contributed by atoms with Crippen LogP contribution in [0.3, 0.4) is 0 Å². The van der Waals surface area contributed by atoms with Crippen LogP contribution in [0.15, 0.2) is 76.8 Å². The average Bonchev–Trinajstić information content (AvgIpc) is 3.57. The number of pyridine rings is 1. The number of alkyl halides is 3. The number of hydrogen-bond donors (Lipinski definition) is 0. The van der Waals surface area contributed by atoms with E-state index in [1.165, 1.54) is 36.0 Å². The van der Waals surface area contributed by atoms with Crippen molar-refractivity contribution in [2.45, 2.75) is 63.3 Å². The number of carbonyl (C=O) groups excluding carboxylic acids is 1. The lowest BCUT2D eigenvalue weighted by atomic mass is 10.1. The molecule has 0 bridgehead atoms. The summed E-state index contributed by atoms with van der Waals surface area (Å²) in [5, 5.41) is 0.458. The van der Waals surface area contributed by atoms with Crippen molar-refractivity contribution in [1.82, 2.24) is 24.3 Å². The van der Waals surface area contributed by atoms with Crippen molar-refractivity contribution in [3.8, 4) is 11.3 Å². The molecule has 2 heterocycles. The summed E-state index contributed by atoms with van der Waals surface area (Å²) in [5.41, 5.74) is 3.25. The van der Waals surface area contributed by atoms with Crippen molar-refractivity contribution in [3.05, 3.63) is 111 Å². The van der Waals surface area contributed by atoms with Crippen LogP contribution < -0.4 is 5.56 Å². The number of thioether (sulfide) groups is 1. The van der Waals surface area contributed by atoms with Crippen molar-refractivity contribution in [2.75, 3.05) is 26.2 Å². The quantitative estimate of drug-likeness (QED) is 0.0908. The molecule has 0 unspecified atom stereocenters. The summed E-state index contributed by atoms with van der Waals surface area (Å²) in [5.74, 6) is 0.000726. The highest BCUT2D eigenvalue weighted by Crippen LogP contribution is 2.31. The number of halogens is 4. The van der Waals surface area contributed by atoms with Crippen LogP contribution >= 0.6 is 11.8 Å². The molecule has 1 amide bonds. The van der Waals surface area contributed by atoms with Gasteiger partial charge in [0.1, 0.15) is 12.4 Å². The largest absolute Gasteiger partial charge is 0.416 e. The van der Waals surface area contributed by atoms with Gasteiger partial charge in [0.05, 0.1) is 11.3 Å². The van der Waals surface area contributed by atoms with Crippen LogP contribution in [0.5, 0.6) is 0 Å². The van der Waals surface area contributed by atoms with Gasteiger partial charge in [-0.2, -0.15) is 18.2 Å². The SMILES string of the molecule is CCN(CC)CCN(Cc1ccc(-c2ccc(C(F)(F)F)cc2)nc1)C(=O)Cn1c(SCc2ccc(F)cc2)nc(=O)c2c1CCC2. The minimum atomic E-state index is -4.41. The zero-order valence-electron chi connectivity index (χ0n) is 26.4. The molecule has 12 heteroatoms. The number of likely N-dealkylation sites (N-methyl/N-ethyl adjacent to an activating group) is 1. The van der Waals surface area contributed by atoms with E-state index < -0.39 is 11.7 Å². The molecule has 5 rings (SSSR count). The first-order valence-electron chi connectivity index (χ1n) is 15.7. The lowest BCUT2D eigenvalue weighted by molar-refractivity contribution is -0.137. The molecule has 0 saturated heterocycles. The Hall–Kier alpha value is -4.03. The third-order valence-electron chi connectivity index (χ3n) is 8.41. The summed E-state index contributed by atoms with van der Waals surface area (Å²) in [6.07, 6.45) is -0.646. The van der Waals surface area contributed by atoms with Gasteiger partial charge in [0.2, 0.25) is 5.91 Å². The summed E-state index contributed by atoms with van der Waals surface area (Å²) >= 11 is 1.35. The summed E-state index contributed by atoms with van der Waals surface area (Å²) in [6, 6.07) is 14.6. The monoisotopic (exact) mass is 667 g/mol. The zero-order chi connectivity index (χ0) is 33.6. The number of benzene rings is 2. The van der Waals surface area contributed by atoms with E-state index in [2.05, 4.69) is 28.7 Å². The minimum Gasteiger partial charge on any atom is -0.335 e. The first-order valence-corrected chi connectivity index (χ1v) is 16.7. The molecule has 0 fully saturated rings. The third-order valence-corrected chi connectivity index (χ3v) is 9.46. The molecule has 4 aromatic rings. The minimum absolute atomic E-state index is 0.0106. The van der Waals surface area contributed by atoms with Gasteiger partial charge in [-0.25, -0.2) is 4.39 Å². The Bertz CT molecular complexity index is 1720. The summed E-state index contributed by atoms with van der Waals surface area (Å²) in [6.45, 7) is 7.24. The fourth-order valence-electron chi connectivity index (χ4n) is 5.66. The number of carbonyl (C=O) groups is 1. The maximum atomic E-state index is 14.1. The Morgan fingerprint density at radius 3 is 2.28 bits per heavy atom. The lowest BCUT2D eigenvalue weighted by Gasteiger charge is -2.28. The summed E-state index contributed by atoms with van der Waals surface area (Å²) in [7, 11) is 0. The van der Waals surface area contributed by atoms with Gasteiger partial charge in [-0.1, -0.05) is 55.9 Å². The van der Waals surface area contributed by atoms with Crippen molar-refractivity contribution in [2.24, 2.45) is 0 Å². The van der Waals surface area contributed by atoms with Crippen LogP contribution in [-0.4, -0.2) is 56.4 Å². The maximum absolute atomic E-state index is 14.1. The summed E-state index contributed by atoms with van der Waals surface area (Å²) in [4.78, 5) is 39.8. The Kier molecular flexibility index (Phi) is 11.1. The number of rotatable bonds is 13. The van der Waals surface area contributed by atoms with Crippen molar-refractivity contribution in [3.63, 3.8) is 0 Å². The Balaban J connectivity index is 1.37. The van der Waals surface area contributed by atoms with Crippen LogP contribution in [-0.2, 0) is 42.7 Å². The van der Waals surface area contributed by atoms with Crippen molar-refractivity contribution in [1.29, 1.82) is 0 Å². The van der Waals surface area contributed by atoms with Crippen LogP contribution in [0.2, 0.25) is 0 Å². The first-order chi connectivity index (χ1) is 22.5. The first kappa shape index (κ1) is 34.3. The molecule has 1 aliphatic rings. The number of amides is 1. The molecule has 0 atom stereocenters. The Morgan fingerprint density at radius 1 is 0.936 bits per heavy atom. The predicted octanol–water partition coefficient (Wildman–Crippen LogP) is 6.61. The standard InChI is InChI=1S/C35H37F4N5O2S/c1-3-42(4-2)18-19-43(21-25-10-17-30(40-20-25)26-11-13-27(14-12-26)35(37,38)39)32(45)22-44-31-7-5-6-29(31)33(46)41-34(44)47-23-24-8-15-28(36)16-9-24/h8-17,20H,3-7,18-19,21-23H2,1-2H3. The molecule has 2 aromatic carbocycles. The Morgan fingerprint density at radius 2 is 1.64 bits per heavy atom. The van der Waals surface area contributed by atoms with Crippen LogP contribution in [0.1, 0.15) is 48.2 Å². The molecule has 1 aliphatic carbocycles.